The number of rotatable bonds is 0. The molecule has 0 aliphatic rings. The van der Waals surface area contributed by atoms with Crippen molar-refractivity contribution in [3.05, 3.63) is 27.5 Å². The fourth-order valence-electron chi connectivity index (χ4n) is 1.41. The van der Waals surface area contributed by atoms with Crippen molar-refractivity contribution in [2.45, 2.75) is 6.92 Å². The van der Waals surface area contributed by atoms with Crippen LogP contribution in [0.3, 0.4) is 0 Å². The minimum absolute atomic E-state index is 1.10. The largest absolute Gasteiger partial charge is 0.268 e. The van der Waals surface area contributed by atoms with E-state index in [-0.39, 0.29) is 0 Å². The molecule has 0 saturated carbocycles. The molecule has 2 rings (SSSR count). The third-order valence-electron chi connectivity index (χ3n) is 2.00. The summed E-state index contributed by atoms with van der Waals surface area (Å²) in [4.78, 5) is 0. The van der Waals surface area contributed by atoms with E-state index in [2.05, 4.69) is 45.9 Å². The average molecular weight is 272 g/mol. The van der Waals surface area contributed by atoms with E-state index in [1.807, 2.05) is 18.7 Å². The number of fused-ring (bicyclic) bond motifs is 1. The molecule has 3 heteroatoms. The molecule has 0 spiro atoms. The molecule has 0 bridgehead atoms. The number of hydrogen-bond donors (Lipinski definition) is 0. The van der Waals surface area contributed by atoms with Gasteiger partial charge in [-0.05, 0) is 47.7 Å². The number of aryl methyl sites for hydroxylation is 2. The highest BCUT2D eigenvalue weighted by molar-refractivity contribution is 14.1. The number of aromatic nitrogens is 2. The summed E-state index contributed by atoms with van der Waals surface area (Å²) in [6.07, 6.45) is 0. The van der Waals surface area contributed by atoms with Gasteiger partial charge in [0.05, 0.1) is 11.2 Å². The van der Waals surface area contributed by atoms with Crippen LogP contribution in [-0.4, -0.2) is 9.78 Å². The molecule has 1 aromatic heterocycles. The summed E-state index contributed by atoms with van der Waals surface area (Å²) in [5, 5.41) is 5.60. The van der Waals surface area contributed by atoms with E-state index >= 15 is 0 Å². The molecule has 0 aliphatic heterocycles. The zero-order valence-electron chi connectivity index (χ0n) is 7.00. The van der Waals surface area contributed by atoms with Crippen LogP contribution in [0.15, 0.2) is 18.2 Å². The molecule has 1 aromatic carbocycles. The van der Waals surface area contributed by atoms with Crippen molar-refractivity contribution in [3.8, 4) is 0 Å². The Hall–Kier alpha value is -0.580. The second kappa shape index (κ2) is 2.73. The second-order valence-electron chi connectivity index (χ2n) is 2.87. The van der Waals surface area contributed by atoms with Crippen LogP contribution in [0.4, 0.5) is 0 Å². The van der Waals surface area contributed by atoms with Gasteiger partial charge in [0.2, 0.25) is 0 Å². The van der Waals surface area contributed by atoms with Gasteiger partial charge in [-0.1, -0.05) is 0 Å². The van der Waals surface area contributed by atoms with Gasteiger partial charge in [-0.15, -0.1) is 0 Å². The summed E-state index contributed by atoms with van der Waals surface area (Å²) in [5.74, 6) is 0. The lowest BCUT2D eigenvalue weighted by Crippen LogP contribution is -1.88. The van der Waals surface area contributed by atoms with Crippen LogP contribution in [-0.2, 0) is 7.05 Å². The van der Waals surface area contributed by atoms with Crippen molar-refractivity contribution in [2.75, 3.05) is 0 Å². The summed E-state index contributed by atoms with van der Waals surface area (Å²) in [6.45, 7) is 2.04. The highest BCUT2D eigenvalue weighted by Gasteiger charge is 2.03. The normalized spacial score (nSPS) is 10.9. The highest BCUT2D eigenvalue weighted by Crippen LogP contribution is 2.19. The topological polar surface area (TPSA) is 17.8 Å². The Bertz CT molecular complexity index is 431. The van der Waals surface area contributed by atoms with Crippen LogP contribution >= 0.6 is 22.6 Å². The monoisotopic (exact) mass is 272 g/mol. The van der Waals surface area contributed by atoms with Gasteiger partial charge in [-0.2, -0.15) is 5.10 Å². The van der Waals surface area contributed by atoms with E-state index in [1.165, 1.54) is 14.5 Å². The molecule has 2 aromatic rings. The minimum atomic E-state index is 1.10. The smallest absolute Gasteiger partial charge is 0.0682 e. The van der Waals surface area contributed by atoms with Gasteiger partial charge >= 0.3 is 0 Å². The van der Waals surface area contributed by atoms with Crippen LogP contribution in [0.5, 0.6) is 0 Å². The Labute approximate surface area is 84.7 Å². The molecule has 12 heavy (non-hydrogen) atoms. The van der Waals surface area contributed by atoms with Crippen molar-refractivity contribution in [1.82, 2.24) is 9.78 Å². The molecule has 0 fully saturated rings. The summed E-state index contributed by atoms with van der Waals surface area (Å²) in [7, 11) is 1.97. The Balaban J connectivity index is 2.90. The van der Waals surface area contributed by atoms with Gasteiger partial charge in [0.1, 0.15) is 0 Å². The van der Waals surface area contributed by atoms with E-state index < -0.39 is 0 Å². The van der Waals surface area contributed by atoms with E-state index in [1.54, 1.807) is 0 Å². The quantitative estimate of drug-likeness (QED) is 0.674. The van der Waals surface area contributed by atoms with Crippen LogP contribution in [0, 0.1) is 10.5 Å². The third kappa shape index (κ3) is 1.12. The lowest BCUT2D eigenvalue weighted by atomic mass is 10.2. The van der Waals surface area contributed by atoms with Gasteiger partial charge in [0.15, 0.2) is 0 Å². The van der Waals surface area contributed by atoms with Gasteiger partial charge in [0, 0.05) is 16.0 Å². The average Bonchev–Trinajstić information content (AvgIpc) is 2.28. The Kier molecular flexibility index (Phi) is 1.83. The molecule has 0 aliphatic carbocycles. The molecular formula is C9H9IN2. The second-order valence-corrected chi connectivity index (χ2v) is 4.12. The summed E-state index contributed by atoms with van der Waals surface area (Å²) in [6, 6.07) is 6.37. The first kappa shape index (κ1) is 8.04. The molecule has 0 atom stereocenters. The lowest BCUT2D eigenvalue weighted by molar-refractivity contribution is 0.783. The van der Waals surface area contributed by atoms with Crippen molar-refractivity contribution in [2.24, 2.45) is 7.05 Å². The van der Waals surface area contributed by atoms with E-state index in [4.69, 9.17) is 0 Å². The van der Waals surface area contributed by atoms with Crippen molar-refractivity contribution in [1.29, 1.82) is 0 Å². The van der Waals surface area contributed by atoms with Crippen molar-refractivity contribution < 1.29 is 0 Å². The van der Waals surface area contributed by atoms with E-state index in [9.17, 15) is 0 Å². The summed E-state index contributed by atoms with van der Waals surface area (Å²) < 4.78 is 3.18. The summed E-state index contributed by atoms with van der Waals surface area (Å²) in [5.41, 5.74) is 2.30. The maximum atomic E-state index is 4.34. The Morgan fingerprint density at radius 2 is 2.17 bits per heavy atom. The van der Waals surface area contributed by atoms with Crippen LogP contribution in [0.25, 0.3) is 10.9 Å². The third-order valence-corrected chi connectivity index (χ3v) is 2.67. The van der Waals surface area contributed by atoms with Crippen LogP contribution in [0.2, 0.25) is 0 Å². The predicted molar refractivity (Wildman–Crippen MR) is 58.2 cm³/mol. The lowest BCUT2D eigenvalue weighted by Gasteiger charge is -1.93. The zero-order chi connectivity index (χ0) is 8.72. The SMILES string of the molecule is Cc1nn(C)c2ccc(I)cc12. The molecule has 0 N–H and O–H groups in total. The van der Waals surface area contributed by atoms with Crippen LogP contribution < -0.4 is 0 Å². The molecule has 1 heterocycles. The van der Waals surface area contributed by atoms with E-state index in [0.29, 0.717) is 0 Å². The van der Waals surface area contributed by atoms with Gasteiger partial charge in [-0.25, -0.2) is 0 Å². The maximum Gasteiger partial charge on any atom is 0.0682 e. The van der Waals surface area contributed by atoms with Gasteiger partial charge in [-0.3, -0.25) is 4.68 Å². The first-order valence-electron chi connectivity index (χ1n) is 3.77. The first-order chi connectivity index (χ1) is 5.68. The molecule has 62 valence electrons. The van der Waals surface area contributed by atoms with Crippen LogP contribution in [0.1, 0.15) is 5.69 Å². The highest BCUT2D eigenvalue weighted by atomic mass is 127. The molecule has 0 radical (unpaired) electrons. The molecular weight excluding hydrogens is 263 g/mol. The number of halogens is 1. The fourth-order valence-corrected chi connectivity index (χ4v) is 1.90. The number of hydrogen-bond acceptors (Lipinski definition) is 1. The summed E-state index contributed by atoms with van der Waals surface area (Å²) >= 11 is 2.32. The Morgan fingerprint density at radius 3 is 2.92 bits per heavy atom. The predicted octanol–water partition coefficient (Wildman–Crippen LogP) is 2.49. The van der Waals surface area contributed by atoms with Gasteiger partial charge in [0.25, 0.3) is 0 Å². The number of nitrogens with zero attached hydrogens (tertiary/aromatic N) is 2. The fraction of sp³-hybridized carbons (Fsp3) is 0.222. The minimum Gasteiger partial charge on any atom is -0.268 e. The Morgan fingerprint density at radius 1 is 1.42 bits per heavy atom. The number of benzene rings is 1. The first-order valence-corrected chi connectivity index (χ1v) is 4.85. The van der Waals surface area contributed by atoms with E-state index in [0.717, 1.165) is 5.69 Å². The standard InChI is InChI=1S/C9H9IN2/c1-6-8-5-7(10)3-4-9(8)12(2)11-6/h3-5H,1-2H3. The zero-order valence-corrected chi connectivity index (χ0v) is 9.16. The maximum absolute atomic E-state index is 4.34. The molecule has 0 unspecified atom stereocenters. The molecule has 0 saturated heterocycles. The van der Waals surface area contributed by atoms with Crippen molar-refractivity contribution >= 4 is 33.5 Å². The van der Waals surface area contributed by atoms with Gasteiger partial charge < -0.3 is 0 Å². The molecule has 0 amide bonds. The van der Waals surface area contributed by atoms with Crippen molar-refractivity contribution in [3.63, 3.8) is 0 Å². The molecule has 2 nitrogen and oxygen atoms in total.